The summed E-state index contributed by atoms with van der Waals surface area (Å²) in [4.78, 5) is 28.5. The van der Waals surface area contributed by atoms with Gasteiger partial charge in [0.05, 0.1) is 5.69 Å². The van der Waals surface area contributed by atoms with Crippen LogP contribution in [0.15, 0.2) is 5.38 Å². The second kappa shape index (κ2) is 7.24. The fraction of sp³-hybridized carbons (Fsp3) is 0.615. The largest absolute Gasteiger partial charge is 0.480 e. The fourth-order valence-electron chi connectivity index (χ4n) is 1.63. The van der Waals surface area contributed by atoms with Crippen LogP contribution < -0.4 is 10.6 Å². The lowest BCUT2D eigenvalue weighted by molar-refractivity contribution is -0.139. The van der Waals surface area contributed by atoms with Gasteiger partial charge in [0.1, 0.15) is 6.04 Å². The molecule has 1 aromatic heterocycles. The van der Waals surface area contributed by atoms with Crippen LogP contribution in [-0.2, 0) is 15.3 Å². The smallest absolute Gasteiger partial charge is 0.321 e. The number of carboxylic acid groups (broad SMARTS) is 1. The van der Waals surface area contributed by atoms with E-state index in [1.807, 2.05) is 12.3 Å². The number of amides is 1. The number of hydrogen-bond donors (Lipinski definition) is 2. The van der Waals surface area contributed by atoms with Gasteiger partial charge >= 0.3 is 5.97 Å². The van der Waals surface area contributed by atoms with Crippen molar-refractivity contribution in [2.75, 3.05) is 11.4 Å². The summed E-state index contributed by atoms with van der Waals surface area (Å²) < 4.78 is -0.597. The number of hydrogen-bond acceptors (Lipinski definition) is 6. The van der Waals surface area contributed by atoms with Gasteiger partial charge in [-0.2, -0.15) is 0 Å². The molecule has 0 aromatic carbocycles. The van der Waals surface area contributed by atoms with E-state index in [0.717, 1.165) is 5.69 Å². The molecule has 0 aliphatic heterocycles. The molecule has 1 heterocycles. The monoisotopic (exact) mass is 331 g/mol. The van der Waals surface area contributed by atoms with E-state index in [-0.39, 0.29) is 5.91 Å². The van der Waals surface area contributed by atoms with Gasteiger partial charge in [0.25, 0.3) is 0 Å². The molecular formula is C13H21N3O3S2. The highest BCUT2D eigenvalue weighted by Gasteiger charge is 2.32. The van der Waals surface area contributed by atoms with E-state index in [2.05, 4.69) is 4.98 Å². The summed E-state index contributed by atoms with van der Waals surface area (Å²) in [5, 5.41) is 11.5. The Hall–Kier alpha value is -1.12. The Bertz CT molecular complexity index is 517. The van der Waals surface area contributed by atoms with Crippen LogP contribution in [0.25, 0.3) is 0 Å². The van der Waals surface area contributed by atoms with Gasteiger partial charge in [-0.15, -0.1) is 23.1 Å². The lowest BCUT2D eigenvalue weighted by Gasteiger charge is -2.27. The molecule has 8 heteroatoms. The van der Waals surface area contributed by atoms with E-state index in [1.165, 1.54) is 30.0 Å². The first-order valence-electron chi connectivity index (χ1n) is 6.54. The number of thiazole rings is 1. The second-order valence-corrected chi connectivity index (χ2v) is 7.56. The minimum Gasteiger partial charge on any atom is -0.480 e. The zero-order chi connectivity index (χ0) is 16.2. The van der Waals surface area contributed by atoms with Crippen LogP contribution in [0.1, 0.15) is 33.4 Å². The van der Waals surface area contributed by atoms with E-state index in [9.17, 15) is 9.59 Å². The van der Waals surface area contributed by atoms with Crippen molar-refractivity contribution in [3.63, 3.8) is 0 Å². The highest BCUT2D eigenvalue weighted by atomic mass is 32.2. The molecule has 0 unspecified atom stereocenters. The number of aromatic nitrogens is 1. The van der Waals surface area contributed by atoms with Gasteiger partial charge in [0.2, 0.25) is 5.91 Å². The van der Waals surface area contributed by atoms with Crippen molar-refractivity contribution in [2.24, 2.45) is 5.73 Å². The number of carbonyl (C=O) groups is 2. The molecule has 1 atom stereocenters. The molecule has 0 aliphatic rings. The molecule has 21 heavy (non-hydrogen) atoms. The van der Waals surface area contributed by atoms with Gasteiger partial charge in [0, 0.05) is 29.3 Å². The van der Waals surface area contributed by atoms with Crippen molar-refractivity contribution >= 4 is 40.1 Å². The Labute approximate surface area is 132 Å². The Morgan fingerprint density at radius 3 is 2.67 bits per heavy atom. The highest BCUT2D eigenvalue weighted by molar-refractivity contribution is 7.99. The van der Waals surface area contributed by atoms with Crippen molar-refractivity contribution in [2.45, 2.75) is 44.2 Å². The first-order chi connectivity index (χ1) is 9.69. The summed E-state index contributed by atoms with van der Waals surface area (Å²) >= 11 is 2.85. The fourth-order valence-corrected chi connectivity index (χ4v) is 3.61. The Kier molecular flexibility index (Phi) is 6.18. The minimum atomic E-state index is -1.01. The predicted molar refractivity (Wildman–Crippen MR) is 86.8 cm³/mol. The predicted octanol–water partition coefficient (Wildman–Crippen LogP) is 1.94. The molecule has 1 rings (SSSR count). The third-order valence-corrected chi connectivity index (χ3v) is 5.42. The topological polar surface area (TPSA) is 96.5 Å². The van der Waals surface area contributed by atoms with Gasteiger partial charge in [-0.1, -0.05) is 0 Å². The Morgan fingerprint density at radius 1 is 1.57 bits per heavy atom. The number of rotatable bonds is 7. The van der Waals surface area contributed by atoms with Crippen LogP contribution in [0.2, 0.25) is 0 Å². The number of carbonyl (C=O) groups excluding carboxylic acids is 1. The molecule has 0 bridgehead atoms. The summed E-state index contributed by atoms with van der Waals surface area (Å²) in [5.41, 5.74) is 6.51. The molecular weight excluding hydrogens is 310 g/mol. The average Bonchev–Trinajstić information content (AvgIpc) is 2.84. The maximum Gasteiger partial charge on any atom is 0.321 e. The second-order valence-electron chi connectivity index (χ2n) is 5.09. The van der Waals surface area contributed by atoms with Crippen molar-refractivity contribution in [3.8, 4) is 0 Å². The van der Waals surface area contributed by atoms with Gasteiger partial charge in [0.15, 0.2) is 5.13 Å². The van der Waals surface area contributed by atoms with Crippen molar-refractivity contribution in [3.05, 3.63) is 11.1 Å². The van der Waals surface area contributed by atoms with Crippen molar-refractivity contribution in [1.82, 2.24) is 4.98 Å². The number of aliphatic carboxylic acids is 1. The van der Waals surface area contributed by atoms with E-state index in [4.69, 9.17) is 10.8 Å². The van der Waals surface area contributed by atoms with Crippen LogP contribution in [0.3, 0.4) is 0 Å². The molecule has 1 amide bonds. The van der Waals surface area contributed by atoms with Gasteiger partial charge in [-0.25, -0.2) is 4.98 Å². The van der Waals surface area contributed by atoms with Crippen LogP contribution in [0.5, 0.6) is 0 Å². The number of nitrogens with two attached hydrogens (primary N) is 1. The van der Waals surface area contributed by atoms with Gasteiger partial charge < -0.3 is 10.8 Å². The summed E-state index contributed by atoms with van der Waals surface area (Å²) in [7, 11) is 0. The number of anilines is 1. The zero-order valence-electron chi connectivity index (χ0n) is 12.6. The number of thioether (sulfide) groups is 1. The molecule has 1 aromatic rings. The van der Waals surface area contributed by atoms with E-state index < -0.39 is 16.8 Å². The first kappa shape index (κ1) is 17.9. The standard InChI is InChI=1S/C13H21N3O3S2/c1-5-16(8(2)17)12-15-9(6-20-12)7-21-13(3,4)10(14)11(18)19/h6,10H,5,7,14H2,1-4H3,(H,18,19)/t10-/m0/s1. The van der Waals surface area contributed by atoms with Crippen molar-refractivity contribution < 1.29 is 14.7 Å². The lowest BCUT2D eigenvalue weighted by atomic mass is 10.1. The Morgan fingerprint density at radius 2 is 2.19 bits per heavy atom. The van der Waals surface area contributed by atoms with Crippen LogP contribution in [0.4, 0.5) is 5.13 Å². The number of nitrogens with zero attached hydrogens (tertiary/aromatic N) is 2. The third-order valence-electron chi connectivity index (χ3n) is 3.07. The quantitative estimate of drug-likeness (QED) is 0.792. The molecule has 118 valence electrons. The first-order valence-corrected chi connectivity index (χ1v) is 8.40. The maximum absolute atomic E-state index is 11.5. The van der Waals surface area contributed by atoms with Crippen LogP contribution >= 0.6 is 23.1 Å². The highest BCUT2D eigenvalue weighted by Crippen LogP contribution is 2.32. The van der Waals surface area contributed by atoms with Gasteiger partial charge in [-0.3, -0.25) is 14.5 Å². The molecule has 0 saturated heterocycles. The summed E-state index contributed by atoms with van der Waals surface area (Å²) in [6.07, 6.45) is 0. The maximum atomic E-state index is 11.5. The summed E-state index contributed by atoms with van der Waals surface area (Å²) in [6, 6.07) is -0.940. The van der Waals surface area contributed by atoms with Crippen molar-refractivity contribution in [1.29, 1.82) is 0 Å². The minimum absolute atomic E-state index is 0.0423. The Balaban J connectivity index is 2.71. The third kappa shape index (κ3) is 4.69. The summed E-state index contributed by atoms with van der Waals surface area (Å²) in [5.74, 6) is -0.501. The normalized spacial score (nSPS) is 13.0. The van der Waals surface area contributed by atoms with Crippen LogP contribution in [-0.4, -0.2) is 39.3 Å². The van der Waals surface area contributed by atoms with Crippen LogP contribution in [0, 0.1) is 0 Å². The molecule has 6 nitrogen and oxygen atoms in total. The zero-order valence-corrected chi connectivity index (χ0v) is 14.3. The van der Waals surface area contributed by atoms with E-state index >= 15 is 0 Å². The molecule has 0 spiro atoms. The SMILES string of the molecule is CCN(C(C)=O)c1nc(CSC(C)(C)[C@@H](N)C(=O)O)cs1. The van der Waals surface area contributed by atoms with Gasteiger partial charge in [-0.05, 0) is 20.8 Å². The van der Waals surface area contributed by atoms with E-state index in [1.54, 1.807) is 18.7 Å². The summed E-state index contributed by atoms with van der Waals surface area (Å²) in [6.45, 7) is 7.58. The molecule has 3 N–H and O–H groups in total. The average molecular weight is 331 g/mol. The lowest BCUT2D eigenvalue weighted by Crippen LogP contribution is -2.46. The van der Waals surface area contributed by atoms with E-state index in [0.29, 0.717) is 17.4 Å². The number of carboxylic acids is 1. The molecule has 0 aliphatic carbocycles. The molecule has 0 fully saturated rings. The molecule has 0 radical (unpaired) electrons. The molecule has 0 saturated carbocycles.